The lowest BCUT2D eigenvalue weighted by molar-refractivity contribution is -0.134. The van der Waals surface area contributed by atoms with Crippen molar-refractivity contribution >= 4 is 34.5 Å². The highest BCUT2D eigenvalue weighted by Crippen LogP contribution is 2.36. The molecule has 200 valence electrons. The third kappa shape index (κ3) is 5.15. The van der Waals surface area contributed by atoms with Crippen LogP contribution in [0.15, 0.2) is 18.2 Å². The average Bonchev–Trinajstić information content (AvgIpc) is 3.24. The molecule has 3 saturated heterocycles. The lowest BCUT2D eigenvalue weighted by atomic mass is 9.81. The largest absolute Gasteiger partial charge is 0.450 e. The number of piperidine rings is 3. The lowest BCUT2D eigenvalue weighted by Gasteiger charge is -2.39. The summed E-state index contributed by atoms with van der Waals surface area (Å²) in [5.41, 5.74) is 2.72. The molecule has 9 nitrogen and oxygen atoms in total. The van der Waals surface area contributed by atoms with Crippen molar-refractivity contribution in [3.63, 3.8) is 0 Å². The van der Waals surface area contributed by atoms with Gasteiger partial charge in [0.2, 0.25) is 11.8 Å². The molecular weight excluding hydrogens is 477 g/mol. The van der Waals surface area contributed by atoms with Crippen molar-refractivity contribution < 1.29 is 23.5 Å². The number of imide groups is 1. The molecule has 1 aromatic heterocycles. The maximum atomic E-state index is 15.5. The number of aryl methyl sites for hydroxylation is 1. The van der Waals surface area contributed by atoms with Crippen molar-refractivity contribution in [3.05, 3.63) is 23.9 Å². The van der Waals surface area contributed by atoms with Gasteiger partial charge in [-0.25, -0.2) is 9.18 Å². The molecule has 0 bridgehead atoms. The van der Waals surface area contributed by atoms with E-state index in [1.807, 2.05) is 13.1 Å². The second-order valence-electron chi connectivity index (χ2n) is 10.5. The minimum Gasteiger partial charge on any atom is -0.450 e. The molecule has 10 heteroatoms. The van der Waals surface area contributed by atoms with Crippen LogP contribution >= 0.6 is 0 Å². The summed E-state index contributed by atoms with van der Waals surface area (Å²) < 4.78 is 22.3. The molecule has 0 aliphatic carbocycles. The van der Waals surface area contributed by atoms with E-state index in [0.717, 1.165) is 42.5 Å². The number of carbonyl (C=O) groups is 3. The number of fused-ring (bicyclic) bond motifs is 1. The highest BCUT2D eigenvalue weighted by molar-refractivity contribution is 6.02. The predicted octanol–water partition coefficient (Wildman–Crippen LogP) is 3.52. The van der Waals surface area contributed by atoms with Gasteiger partial charge < -0.3 is 14.5 Å². The molecule has 2 unspecified atom stereocenters. The molecule has 0 saturated carbocycles. The molecule has 0 radical (unpaired) electrons. The van der Waals surface area contributed by atoms with Crippen LogP contribution in [-0.2, 0) is 21.4 Å². The van der Waals surface area contributed by atoms with E-state index in [-0.39, 0.29) is 29.7 Å². The fourth-order valence-corrected chi connectivity index (χ4v) is 6.16. The van der Waals surface area contributed by atoms with Crippen LogP contribution in [0, 0.1) is 11.8 Å². The van der Waals surface area contributed by atoms with Crippen LogP contribution in [0.25, 0.3) is 10.9 Å². The summed E-state index contributed by atoms with van der Waals surface area (Å²) in [6.45, 7) is 4.86. The fourth-order valence-electron chi connectivity index (χ4n) is 6.16. The first-order valence-electron chi connectivity index (χ1n) is 13.5. The van der Waals surface area contributed by atoms with Crippen molar-refractivity contribution in [2.45, 2.75) is 57.5 Å². The van der Waals surface area contributed by atoms with Crippen molar-refractivity contribution in [3.8, 4) is 0 Å². The van der Waals surface area contributed by atoms with E-state index in [2.05, 4.69) is 27.4 Å². The molecule has 0 spiro atoms. The first-order valence-corrected chi connectivity index (χ1v) is 13.5. The summed E-state index contributed by atoms with van der Waals surface area (Å²) in [4.78, 5) is 39.9. The summed E-state index contributed by atoms with van der Waals surface area (Å²) in [5, 5.41) is 7.98. The van der Waals surface area contributed by atoms with Crippen LogP contribution in [0.4, 0.5) is 14.9 Å². The van der Waals surface area contributed by atoms with Gasteiger partial charge in [0.15, 0.2) is 0 Å². The molecular formula is C27H36FN5O4. The highest BCUT2D eigenvalue weighted by atomic mass is 19.1. The van der Waals surface area contributed by atoms with Gasteiger partial charge >= 0.3 is 6.09 Å². The average molecular weight is 514 g/mol. The maximum absolute atomic E-state index is 15.5. The zero-order valence-electron chi connectivity index (χ0n) is 21.6. The number of anilines is 1. The molecule has 1 N–H and O–H groups in total. The van der Waals surface area contributed by atoms with Gasteiger partial charge in [-0.1, -0.05) is 0 Å². The summed E-state index contributed by atoms with van der Waals surface area (Å²) in [5.74, 6) is -0.901. The number of nitrogens with one attached hydrogen (secondary N) is 1. The normalized spacial score (nSPS) is 22.8. The highest BCUT2D eigenvalue weighted by Gasteiger charge is 2.36. The number of ether oxygens (including phenoxy) is 1. The molecule has 2 atom stereocenters. The smallest absolute Gasteiger partial charge is 0.409 e. The summed E-state index contributed by atoms with van der Waals surface area (Å²) in [6.07, 6.45) is 2.62. The molecule has 3 amide bonds. The molecule has 3 aliphatic heterocycles. The second kappa shape index (κ2) is 10.7. The van der Waals surface area contributed by atoms with E-state index in [1.165, 1.54) is 0 Å². The minimum atomic E-state index is -0.845. The number of aromatic nitrogens is 2. The van der Waals surface area contributed by atoms with E-state index < -0.39 is 12.1 Å². The van der Waals surface area contributed by atoms with E-state index in [1.54, 1.807) is 16.5 Å². The number of hydrogen-bond donors (Lipinski definition) is 1. The van der Waals surface area contributed by atoms with Crippen molar-refractivity contribution in [2.75, 3.05) is 37.7 Å². The van der Waals surface area contributed by atoms with Gasteiger partial charge in [-0.3, -0.25) is 19.6 Å². The van der Waals surface area contributed by atoms with Crippen LogP contribution < -0.4 is 10.2 Å². The molecule has 4 heterocycles. The fraction of sp³-hybridized carbons (Fsp3) is 0.630. The van der Waals surface area contributed by atoms with Crippen LogP contribution in [0.2, 0.25) is 0 Å². The van der Waals surface area contributed by atoms with Gasteiger partial charge in [-0.05, 0) is 69.1 Å². The van der Waals surface area contributed by atoms with Gasteiger partial charge in [-0.15, -0.1) is 0 Å². The first kappa shape index (κ1) is 25.5. The summed E-state index contributed by atoms with van der Waals surface area (Å²) in [6, 6.07) is 6.16. The summed E-state index contributed by atoms with van der Waals surface area (Å²) >= 11 is 0. The third-order valence-electron chi connectivity index (χ3n) is 8.30. The predicted molar refractivity (Wildman–Crippen MR) is 137 cm³/mol. The number of carbonyl (C=O) groups excluding carboxylic acids is 3. The molecule has 3 aliphatic rings. The van der Waals surface area contributed by atoms with Crippen LogP contribution in [-0.4, -0.2) is 71.5 Å². The maximum Gasteiger partial charge on any atom is 0.409 e. The van der Waals surface area contributed by atoms with Gasteiger partial charge in [0.25, 0.3) is 0 Å². The van der Waals surface area contributed by atoms with Crippen LogP contribution in [0.5, 0.6) is 0 Å². The monoisotopic (exact) mass is 513 g/mol. The Balaban J connectivity index is 1.20. The standard InChI is InChI=1S/C27H36FN5O4/c1-3-37-27(36)33-14-10-18(11-15-33)24(28)17-8-12-32(13-9-17)19-4-5-20-22(16-19)31(2)30-25(20)21-6-7-23(34)29-26(21)35/h4-5,16-18,21,24H,3,6-15H2,1-2H3,(H,29,34,35). The first-order chi connectivity index (χ1) is 17.9. The number of hydrogen-bond acceptors (Lipinski definition) is 6. The van der Waals surface area contributed by atoms with E-state index in [0.29, 0.717) is 51.1 Å². The number of rotatable bonds is 5. The minimum absolute atomic E-state index is 0.00118. The summed E-state index contributed by atoms with van der Waals surface area (Å²) in [7, 11) is 1.87. The topological polar surface area (TPSA) is 96.8 Å². The van der Waals surface area contributed by atoms with Crippen molar-refractivity contribution in [1.82, 2.24) is 20.0 Å². The Labute approximate surface area is 216 Å². The number of alkyl halides is 1. The second-order valence-corrected chi connectivity index (χ2v) is 10.5. The molecule has 5 rings (SSSR count). The Morgan fingerprint density at radius 1 is 1.11 bits per heavy atom. The van der Waals surface area contributed by atoms with E-state index in [9.17, 15) is 14.4 Å². The van der Waals surface area contributed by atoms with E-state index >= 15 is 4.39 Å². The van der Waals surface area contributed by atoms with Gasteiger partial charge in [-0.2, -0.15) is 5.10 Å². The lowest BCUT2D eigenvalue weighted by Crippen LogP contribution is -2.44. The zero-order valence-corrected chi connectivity index (χ0v) is 21.6. The zero-order chi connectivity index (χ0) is 26.1. The Morgan fingerprint density at radius 2 is 1.78 bits per heavy atom. The SMILES string of the molecule is CCOC(=O)N1CCC(C(F)C2CCN(c3ccc4c(C5CCC(=O)NC5=O)nn(C)c4c3)CC2)CC1. The number of halogens is 1. The van der Waals surface area contributed by atoms with Crippen LogP contribution in [0.3, 0.4) is 0 Å². The molecule has 3 fully saturated rings. The molecule has 1 aromatic carbocycles. The van der Waals surface area contributed by atoms with E-state index in [4.69, 9.17) is 4.74 Å². The number of amides is 3. The number of likely N-dealkylation sites (tertiary alicyclic amines) is 1. The van der Waals surface area contributed by atoms with Crippen LogP contribution in [0.1, 0.15) is 57.1 Å². The quantitative estimate of drug-likeness (QED) is 0.615. The van der Waals surface area contributed by atoms with Gasteiger partial charge in [0.05, 0.1) is 23.7 Å². The van der Waals surface area contributed by atoms with Crippen molar-refractivity contribution in [2.24, 2.45) is 18.9 Å². The van der Waals surface area contributed by atoms with Gasteiger partial charge in [0, 0.05) is 50.7 Å². The Kier molecular flexibility index (Phi) is 7.35. The molecule has 37 heavy (non-hydrogen) atoms. The third-order valence-corrected chi connectivity index (χ3v) is 8.30. The Bertz CT molecular complexity index is 1170. The number of nitrogens with zero attached hydrogens (tertiary/aromatic N) is 4. The molecule has 2 aromatic rings. The number of benzene rings is 1. The van der Waals surface area contributed by atoms with Gasteiger partial charge in [0.1, 0.15) is 6.17 Å². The Hall–Kier alpha value is -3.17. The van der Waals surface area contributed by atoms with Crippen molar-refractivity contribution in [1.29, 1.82) is 0 Å². The Morgan fingerprint density at radius 3 is 2.43 bits per heavy atom.